The van der Waals surface area contributed by atoms with Crippen molar-refractivity contribution in [2.75, 3.05) is 5.73 Å². The molecule has 3 heteroatoms. The second kappa shape index (κ2) is 2.25. The Bertz CT molecular complexity index is 457. The van der Waals surface area contributed by atoms with Gasteiger partial charge >= 0.3 is 0 Å². The van der Waals surface area contributed by atoms with Crippen molar-refractivity contribution < 1.29 is 4.42 Å². The van der Waals surface area contributed by atoms with E-state index in [0.29, 0.717) is 11.6 Å². The maximum absolute atomic E-state index is 5.77. The highest BCUT2D eigenvalue weighted by atomic mass is 16.3. The van der Waals surface area contributed by atoms with Crippen LogP contribution in [0.5, 0.6) is 0 Å². The zero-order chi connectivity index (χ0) is 8.84. The van der Waals surface area contributed by atoms with Gasteiger partial charge in [0, 0.05) is 5.92 Å². The predicted octanol–water partition coefficient (Wildman–Crippen LogP) is 2.29. The van der Waals surface area contributed by atoms with Gasteiger partial charge in [-0.1, -0.05) is 6.07 Å². The van der Waals surface area contributed by atoms with Crippen molar-refractivity contribution in [1.29, 1.82) is 0 Å². The summed E-state index contributed by atoms with van der Waals surface area (Å²) < 4.78 is 5.58. The van der Waals surface area contributed by atoms with Gasteiger partial charge in [0.05, 0.1) is 5.69 Å². The Labute approximate surface area is 75.6 Å². The van der Waals surface area contributed by atoms with Crippen LogP contribution in [-0.2, 0) is 0 Å². The largest absolute Gasteiger partial charge is 0.440 e. The summed E-state index contributed by atoms with van der Waals surface area (Å²) in [5, 5.41) is 0. The van der Waals surface area contributed by atoms with E-state index in [1.165, 1.54) is 12.8 Å². The zero-order valence-electron chi connectivity index (χ0n) is 7.16. The molecule has 1 saturated carbocycles. The Morgan fingerprint density at radius 3 is 2.92 bits per heavy atom. The van der Waals surface area contributed by atoms with Crippen molar-refractivity contribution in [3.63, 3.8) is 0 Å². The first-order valence-electron chi connectivity index (χ1n) is 4.49. The quantitative estimate of drug-likeness (QED) is 0.675. The van der Waals surface area contributed by atoms with E-state index in [2.05, 4.69) is 4.98 Å². The molecule has 2 aromatic rings. The number of nitrogens with two attached hydrogens (primary N) is 1. The van der Waals surface area contributed by atoms with E-state index >= 15 is 0 Å². The van der Waals surface area contributed by atoms with Gasteiger partial charge in [0.25, 0.3) is 0 Å². The summed E-state index contributed by atoms with van der Waals surface area (Å²) in [6.45, 7) is 0. The van der Waals surface area contributed by atoms with E-state index in [0.717, 1.165) is 17.0 Å². The van der Waals surface area contributed by atoms with Crippen LogP contribution in [0.4, 0.5) is 5.69 Å². The molecule has 1 heterocycles. The number of oxazole rings is 1. The average molecular weight is 174 g/mol. The van der Waals surface area contributed by atoms with Crippen LogP contribution in [0.2, 0.25) is 0 Å². The molecule has 13 heavy (non-hydrogen) atoms. The molecule has 0 radical (unpaired) electrons. The van der Waals surface area contributed by atoms with Crippen molar-refractivity contribution in [3.8, 4) is 0 Å². The standard InChI is InChI=1S/C10H10N2O/c11-7-2-1-3-8-9(7)12-10(13-8)6-4-5-6/h1-3,6H,4-5,11H2. The van der Waals surface area contributed by atoms with Gasteiger partial charge in [-0.25, -0.2) is 4.98 Å². The predicted molar refractivity (Wildman–Crippen MR) is 50.4 cm³/mol. The Morgan fingerprint density at radius 2 is 2.23 bits per heavy atom. The van der Waals surface area contributed by atoms with Crippen molar-refractivity contribution in [1.82, 2.24) is 4.98 Å². The van der Waals surface area contributed by atoms with Crippen LogP contribution in [0.15, 0.2) is 22.6 Å². The summed E-state index contributed by atoms with van der Waals surface area (Å²) >= 11 is 0. The van der Waals surface area contributed by atoms with Crippen LogP contribution in [0, 0.1) is 0 Å². The fourth-order valence-electron chi connectivity index (χ4n) is 1.49. The van der Waals surface area contributed by atoms with Crippen molar-refractivity contribution in [3.05, 3.63) is 24.1 Å². The Kier molecular flexibility index (Phi) is 1.20. The highest BCUT2D eigenvalue weighted by molar-refractivity contribution is 5.85. The SMILES string of the molecule is Nc1cccc2oc(C3CC3)nc12. The van der Waals surface area contributed by atoms with E-state index in [4.69, 9.17) is 10.2 Å². The van der Waals surface area contributed by atoms with Crippen molar-refractivity contribution in [2.45, 2.75) is 18.8 Å². The first-order chi connectivity index (χ1) is 6.34. The van der Waals surface area contributed by atoms with Gasteiger partial charge < -0.3 is 10.2 Å². The number of nitrogen functional groups attached to an aromatic ring is 1. The number of hydrogen-bond acceptors (Lipinski definition) is 3. The second-order valence-electron chi connectivity index (χ2n) is 3.52. The molecule has 0 spiro atoms. The molecule has 0 atom stereocenters. The third kappa shape index (κ3) is 1.00. The molecule has 1 aliphatic rings. The number of para-hydroxylation sites is 1. The third-order valence-electron chi connectivity index (χ3n) is 2.39. The van der Waals surface area contributed by atoms with Gasteiger partial charge in [0.15, 0.2) is 11.5 Å². The summed E-state index contributed by atoms with van der Waals surface area (Å²) in [5.74, 6) is 1.40. The summed E-state index contributed by atoms with van der Waals surface area (Å²) in [7, 11) is 0. The zero-order valence-corrected chi connectivity index (χ0v) is 7.16. The summed E-state index contributed by atoms with van der Waals surface area (Å²) in [6, 6.07) is 5.64. The lowest BCUT2D eigenvalue weighted by molar-refractivity contribution is 0.533. The normalized spacial score (nSPS) is 16.6. The molecule has 3 rings (SSSR count). The number of hydrogen-bond donors (Lipinski definition) is 1. The Hall–Kier alpha value is -1.51. The highest BCUT2D eigenvalue weighted by Gasteiger charge is 2.29. The Morgan fingerprint density at radius 1 is 1.38 bits per heavy atom. The van der Waals surface area contributed by atoms with Crippen LogP contribution in [-0.4, -0.2) is 4.98 Å². The highest BCUT2D eigenvalue weighted by Crippen LogP contribution is 2.40. The monoisotopic (exact) mass is 174 g/mol. The number of aromatic nitrogens is 1. The fourth-order valence-corrected chi connectivity index (χ4v) is 1.49. The maximum atomic E-state index is 5.77. The minimum absolute atomic E-state index is 0.548. The van der Waals surface area contributed by atoms with Crippen molar-refractivity contribution in [2.24, 2.45) is 0 Å². The number of rotatable bonds is 1. The number of nitrogens with zero attached hydrogens (tertiary/aromatic N) is 1. The van der Waals surface area contributed by atoms with E-state index in [-0.39, 0.29) is 0 Å². The second-order valence-corrected chi connectivity index (χ2v) is 3.52. The first kappa shape index (κ1) is 6.95. The third-order valence-corrected chi connectivity index (χ3v) is 2.39. The van der Waals surface area contributed by atoms with Crippen molar-refractivity contribution >= 4 is 16.8 Å². The summed E-state index contributed by atoms with van der Waals surface area (Å²) in [6.07, 6.45) is 2.40. The summed E-state index contributed by atoms with van der Waals surface area (Å²) in [5.41, 5.74) is 8.09. The van der Waals surface area contributed by atoms with Crippen LogP contribution in [0.25, 0.3) is 11.1 Å². The lowest BCUT2D eigenvalue weighted by Gasteiger charge is -1.89. The molecule has 0 saturated heterocycles. The molecule has 1 aromatic carbocycles. The van der Waals surface area contributed by atoms with Crippen LogP contribution in [0.3, 0.4) is 0 Å². The topological polar surface area (TPSA) is 52.0 Å². The van der Waals surface area contributed by atoms with Gasteiger partial charge in [-0.15, -0.1) is 0 Å². The lowest BCUT2D eigenvalue weighted by atomic mass is 10.3. The lowest BCUT2D eigenvalue weighted by Crippen LogP contribution is -1.85. The molecule has 66 valence electrons. The van der Waals surface area contributed by atoms with Gasteiger partial charge in [-0.3, -0.25) is 0 Å². The number of fused-ring (bicyclic) bond motifs is 1. The molecule has 0 bridgehead atoms. The molecule has 3 nitrogen and oxygen atoms in total. The fraction of sp³-hybridized carbons (Fsp3) is 0.300. The molecule has 0 aliphatic heterocycles. The van der Waals surface area contributed by atoms with Crippen LogP contribution < -0.4 is 5.73 Å². The molecule has 0 unspecified atom stereocenters. The minimum atomic E-state index is 0.548. The van der Waals surface area contributed by atoms with E-state index in [9.17, 15) is 0 Å². The number of anilines is 1. The Balaban J connectivity index is 2.26. The molecule has 2 N–H and O–H groups in total. The molecule has 1 aromatic heterocycles. The minimum Gasteiger partial charge on any atom is -0.440 e. The summed E-state index contributed by atoms with van der Waals surface area (Å²) in [4.78, 5) is 4.38. The van der Waals surface area contributed by atoms with Gasteiger partial charge in [0.2, 0.25) is 0 Å². The smallest absolute Gasteiger partial charge is 0.198 e. The molecule has 0 amide bonds. The molecule has 1 fully saturated rings. The van der Waals surface area contributed by atoms with Gasteiger partial charge in [0.1, 0.15) is 5.52 Å². The van der Waals surface area contributed by atoms with E-state index in [1.807, 2.05) is 18.2 Å². The van der Waals surface area contributed by atoms with Crippen LogP contribution >= 0.6 is 0 Å². The van der Waals surface area contributed by atoms with Gasteiger partial charge in [-0.2, -0.15) is 0 Å². The molecular formula is C10H10N2O. The maximum Gasteiger partial charge on any atom is 0.198 e. The molecular weight excluding hydrogens is 164 g/mol. The van der Waals surface area contributed by atoms with Gasteiger partial charge in [-0.05, 0) is 25.0 Å². The molecule has 1 aliphatic carbocycles. The number of benzene rings is 1. The van der Waals surface area contributed by atoms with Crippen LogP contribution in [0.1, 0.15) is 24.7 Å². The first-order valence-corrected chi connectivity index (χ1v) is 4.49. The van der Waals surface area contributed by atoms with E-state index < -0.39 is 0 Å². The average Bonchev–Trinajstić information content (AvgIpc) is 2.87. The van der Waals surface area contributed by atoms with E-state index in [1.54, 1.807) is 0 Å².